The second-order valence-electron chi connectivity index (χ2n) is 16.8. The Hall–Kier alpha value is -2.40. The Balaban J connectivity index is 1.31. The van der Waals surface area contributed by atoms with Crippen LogP contribution in [0.1, 0.15) is 105 Å². The molecule has 0 aromatic heterocycles. The van der Waals surface area contributed by atoms with Crippen LogP contribution in [-0.2, 0) is 14.3 Å². The number of hydrogen-bond acceptors (Lipinski definition) is 4. The Labute approximate surface area is 264 Å². The van der Waals surface area contributed by atoms with Crippen molar-refractivity contribution in [3.63, 3.8) is 0 Å². The molecule has 0 saturated heterocycles. The molecule has 0 bridgehead atoms. The molecule has 0 heterocycles. The number of ether oxygens (including phenoxy) is 1. The molecule has 0 amide bonds. The first-order chi connectivity index (χ1) is 20.6. The van der Waals surface area contributed by atoms with Crippen LogP contribution in [0, 0.1) is 56.7 Å². The lowest BCUT2D eigenvalue weighted by atomic mass is 9.33. The number of aliphatic hydroxyl groups is 1. The minimum atomic E-state index is -0.744. The highest BCUT2D eigenvalue weighted by Crippen LogP contribution is 2.75. The van der Waals surface area contributed by atoms with E-state index in [1.54, 1.807) is 6.08 Å². The molecule has 0 spiro atoms. The lowest BCUT2D eigenvalue weighted by Crippen LogP contribution is -2.67. The van der Waals surface area contributed by atoms with Crippen molar-refractivity contribution in [2.45, 2.75) is 112 Å². The van der Waals surface area contributed by atoms with Crippen molar-refractivity contribution in [1.82, 2.24) is 0 Å². The fraction of sp³-hybridized carbons (Fsp3) is 0.692. The van der Waals surface area contributed by atoms with Gasteiger partial charge in [0, 0.05) is 11.5 Å². The number of allylic oxidation sites excluding steroid dienone is 2. The monoisotopic (exact) mass is 602 g/mol. The largest absolute Gasteiger partial charge is 0.481 e. The first-order valence-electron chi connectivity index (χ1n) is 17.2. The first kappa shape index (κ1) is 31.6. The van der Waals surface area contributed by atoms with E-state index in [4.69, 9.17) is 4.74 Å². The maximum Gasteiger partial charge on any atom is 0.331 e. The second-order valence-corrected chi connectivity index (χ2v) is 16.8. The van der Waals surface area contributed by atoms with Crippen LogP contribution in [0.15, 0.2) is 48.1 Å². The standard InChI is InChI=1S/C39H54O5/c1-24-17-20-39(34(42)43)22-21-37(6)27(32(39)25(24)2)14-15-30-36(5)23-28(40)33(35(3,4)29(36)18-19-38(30,37)7)44-31(41)16-13-26-11-9-8-10-12-26/h8-14,16,24-25,28-30,32-33,40H,15,17-23H2,1-7H3,(H,42,43). The van der Waals surface area contributed by atoms with E-state index in [1.165, 1.54) is 11.6 Å². The van der Waals surface area contributed by atoms with Gasteiger partial charge in [0.2, 0.25) is 0 Å². The summed E-state index contributed by atoms with van der Waals surface area (Å²) in [6.45, 7) is 16.4. The number of aliphatic hydroxyl groups excluding tert-OH is 1. The molecule has 2 N–H and O–H groups in total. The number of aliphatic carboxylic acids is 1. The molecular formula is C39H54O5. The lowest BCUT2D eigenvalue weighted by molar-refractivity contribution is -0.238. The average Bonchev–Trinajstić information content (AvgIpc) is 2.96. The van der Waals surface area contributed by atoms with E-state index in [1.807, 2.05) is 30.3 Å². The van der Waals surface area contributed by atoms with Gasteiger partial charge in [0.05, 0.1) is 11.5 Å². The Morgan fingerprint density at radius 2 is 1.64 bits per heavy atom. The third kappa shape index (κ3) is 4.34. The predicted octanol–water partition coefficient (Wildman–Crippen LogP) is 8.32. The molecule has 11 unspecified atom stereocenters. The number of hydrogen-bond donors (Lipinski definition) is 2. The van der Waals surface area contributed by atoms with E-state index in [-0.39, 0.29) is 22.2 Å². The number of carboxylic acid groups (broad SMARTS) is 1. The smallest absolute Gasteiger partial charge is 0.331 e. The molecule has 0 radical (unpaired) electrons. The van der Waals surface area contributed by atoms with Crippen LogP contribution in [0.4, 0.5) is 0 Å². The van der Waals surface area contributed by atoms with Gasteiger partial charge >= 0.3 is 11.9 Å². The summed E-state index contributed by atoms with van der Waals surface area (Å²) < 4.78 is 6.07. The van der Waals surface area contributed by atoms with Gasteiger partial charge in [-0.25, -0.2) is 4.79 Å². The zero-order valence-corrected chi connectivity index (χ0v) is 27.9. The van der Waals surface area contributed by atoms with Crippen LogP contribution in [0.25, 0.3) is 6.08 Å². The molecule has 5 aliphatic carbocycles. The number of carboxylic acids is 1. The SMILES string of the molecule is CC1CCC2(C(=O)O)CCC3(C)C(=CCC4C5(C)CC(O)C(OC(=O)C=Cc6ccccc6)C(C)(C)C5CCC43C)C2C1C. The van der Waals surface area contributed by atoms with Gasteiger partial charge in [-0.1, -0.05) is 90.4 Å². The summed E-state index contributed by atoms with van der Waals surface area (Å²) >= 11 is 0. The van der Waals surface area contributed by atoms with Gasteiger partial charge in [-0.2, -0.15) is 0 Å². The minimum absolute atomic E-state index is 0.00510. The zero-order valence-electron chi connectivity index (χ0n) is 27.9. The first-order valence-corrected chi connectivity index (χ1v) is 17.2. The van der Waals surface area contributed by atoms with Crippen LogP contribution in [0.5, 0.6) is 0 Å². The number of fused-ring (bicyclic) bond motifs is 7. The molecule has 0 aliphatic heterocycles. The molecule has 11 atom stereocenters. The summed E-state index contributed by atoms with van der Waals surface area (Å²) in [4.78, 5) is 26.0. The topological polar surface area (TPSA) is 83.8 Å². The summed E-state index contributed by atoms with van der Waals surface area (Å²) in [7, 11) is 0. The van der Waals surface area contributed by atoms with E-state index in [9.17, 15) is 19.8 Å². The summed E-state index contributed by atoms with van der Waals surface area (Å²) in [6.07, 6.45) is 11.5. The van der Waals surface area contributed by atoms with Gasteiger partial charge in [0.1, 0.15) is 6.10 Å². The Bertz CT molecular complexity index is 1360. The molecule has 44 heavy (non-hydrogen) atoms. The molecule has 5 aliphatic rings. The van der Waals surface area contributed by atoms with Gasteiger partial charge in [-0.05, 0) is 109 Å². The molecule has 1 aromatic carbocycles. The third-order valence-electron chi connectivity index (χ3n) is 14.8. The van der Waals surface area contributed by atoms with Crippen molar-refractivity contribution in [2.24, 2.45) is 56.7 Å². The normalized spacial score (nSPS) is 46.1. The van der Waals surface area contributed by atoms with E-state index in [0.29, 0.717) is 30.1 Å². The number of benzene rings is 1. The fourth-order valence-corrected chi connectivity index (χ4v) is 12.1. The number of carbonyl (C=O) groups is 2. The van der Waals surface area contributed by atoms with Crippen LogP contribution < -0.4 is 0 Å². The highest BCUT2D eigenvalue weighted by atomic mass is 16.6. The van der Waals surface area contributed by atoms with Crippen LogP contribution >= 0.6 is 0 Å². The predicted molar refractivity (Wildman–Crippen MR) is 173 cm³/mol. The molecule has 4 fully saturated rings. The Kier molecular flexibility index (Phi) is 7.59. The highest BCUT2D eigenvalue weighted by molar-refractivity contribution is 5.87. The lowest BCUT2D eigenvalue weighted by Gasteiger charge is -2.71. The van der Waals surface area contributed by atoms with Gasteiger partial charge in [0.15, 0.2) is 0 Å². The van der Waals surface area contributed by atoms with Gasteiger partial charge in [0.25, 0.3) is 0 Å². The summed E-state index contributed by atoms with van der Waals surface area (Å²) in [6, 6.07) is 9.71. The molecule has 240 valence electrons. The molecule has 4 saturated carbocycles. The quantitative estimate of drug-likeness (QED) is 0.206. The van der Waals surface area contributed by atoms with Gasteiger partial charge in [-0.15, -0.1) is 0 Å². The van der Waals surface area contributed by atoms with Crippen molar-refractivity contribution in [3.8, 4) is 0 Å². The zero-order chi connectivity index (χ0) is 31.9. The van der Waals surface area contributed by atoms with Crippen molar-refractivity contribution in [2.75, 3.05) is 0 Å². The fourth-order valence-electron chi connectivity index (χ4n) is 12.1. The number of carbonyl (C=O) groups excluding carboxylic acids is 1. The average molecular weight is 603 g/mol. The summed E-state index contributed by atoms with van der Waals surface area (Å²) in [5.41, 5.74) is 1.13. The number of esters is 1. The van der Waals surface area contributed by atoms with Crippen molar-refractivity contribution >= 4 is 18.0 Å². The molecule has 6 rings (SSSR count). The third-order valence-corrected chi connectivity index (χ3v) is 14.8. The second kappa shape index (κ2) is 10.6. The van der Waals surface area contributed by atoms with E-state index in [2.05, 4.69) is 54.5 Å². The van der Waals surface area contributed by atoms with Crippen molar-refractivity contribution in [1.29, 1.82) is 0 Å². The molecular weight excluding hydrogens is 548 g/mol. The maximum atomic E-state index is 13.0. The van der Waals surface area contributed by atoms with E-state index in [0.717, 1.165) is 50.5 Å². The summed E-state index contributed by atoms with van der Waals surface area (Å²) in [5.74, 6) is 0.606. The van der Waals surface area contributed by atoms with Crippen molar-refractivity contribution in [3.05, 3.63) is 53.6 Å². The van der Waals surface area contributed by atoms with E-state index >= 15 is 0 Å². The van der Waals surface area contributed by atoms with Crippen molar-refractivity contribution < 1.29 is 24.5 Å². The maximum absolute atomic E-state index is 13.0. The van der Waals surface area contributed by atoms with E-state index < -0.39 is 35.0 Å². The molecule has 5 heteroatoms. The molecule has 5 nitrogen and oxygen atoms in total. The Morgan fingerprint density at radius 3 is 2.32 bits per heavy atom. The molecule has 1 aromatic rings. The minimum Gasteiger partial charge on any atom is -0.481 e. The van der Waals surface area contributed by atoms with Crippen LogP contribution in [-0.4, -0.2) is 34.4 Å². The van der Waals surface area contributed by atoms with Gasteiger partial charge < -0.3 is 14.9 Å². The van der Waals surface area contributed by atoms with Crippen LogP contribution in [0.2, 0.25) is 0 Å². The number of rotatable bonds is 4. The van der Waals surface area contributed by atoms with Crippen LogP contribution in [0.3, 0.4) is 0 Å². The highest BCUT2D eigenvalue weighted by Gasteiger charge is 2.70. The summed E-state index contributed by atoms with van der Waals surface area (Å²) in [5, 5.41) is 22.4. The van der Waals surface area contributed by atoms with Gasteiger partial charge in [-0.3, -0.25) is 4.79 Å². The Morgan fingerprint density at radius 1 is 0.932 bits per heavy atom.